The topological polar surface area (TPSA) is 81.9 Å². The molecule has 0 aliphatic heterocycles. The Morgan fingerprint density at radius 2 is 1.95 bits per heavy atom. The molecule has 0 fully saturated rings. The highest BCUT2D eigenvalue weighted by atomic mass is 16.5. The molecule has 2 aromatic heterocycles. The fraction of sp³-hybridized carbons (Fsp3) is 0.143. The zero-order valence-electron chi connectivity index (χ0n) is 11.6. The Morgan fingerprint density at radius 1 is 1.19 bits per heavy atom. The average molecular weight is 283 g/mol. The average Bonchev–Trinajstić information content (AvgIpc) is 2.90. The Bertz CT molecular complexity index is 795. The molecule has 0 saturated carbocycles. The number of nitrogens with zero attached hydrogens (tertiary/aromatic N) is 4. The van der Waals surface area contributed by atoms with Crippen molar-refractivity contribution in [3.05, 3.63) is 42.5 Å². The van der Waals surface area contributed by atoms with Crippen molar-refractivity contribution < 1.29 is 9.53 Å². The van der Waals surface area contributed by atoms with Crippen LogP contribution in [-0.4, -0.2) is 32.5 Å². The molecule has 1 N–H and O–H groups in total. The van der Waals surface area contributed by atoms with Gasteiger partial charge in [-0.05, 0) is 24.3 Å². The predicted molar refractivity (Wildman–Crippen MR) is 77.3 cm³/mol. The van der Waals surface area contributed by atoms with Gasteiger partial charge in [0.25, 0.3) is 5.91 Å². The van der Waals surface area contributed by atoms with Crippen molar-refractivity contribution in [1.29, 1.82) is 0 Å². The quantitative estimate of drug-likeness (QED) is 0.790. The molecule has 3 aromatic rings. The van der Waals surface area contributed by atoms with E-state index >= 15 is 0 Å². The zero-order valence-corrected chi connectivity index (χ0v) is 11.6. The molecule has 0 atom stereocenters. The first-order chi connectivity index (χ1) is 10.2. The van der Waals surface area contributed by atoms with Crippen LogP contribution in [0.4, 0.5) is 5.82 Å². The SMILES string of the molecule is COc1ccc(C(=O)Nc2ncnc3c2ncn3C)cc1. The van der Waals surface area contributed by atoms with E-state index in [1.165, 1.54) is 6.33 Å². The van der Waals surface area contributed by atoms with Gasteiger partial charge >= 0.3 is 0 Å². The number of aromatic nitrogens is 4. The predicted octanol–water partition coefficient (Wildman–Crippen LogP) is 1.62. The summed E-state index contributed by atoms with van der Waals surface area (Å²) < 4.78 is 6.83. The summed E-state index contributed by atoms with van der Waals surface area (Å²) in [5.41, 5.74) is 1.73. The highest BCUT2D eigenvalue weighted by molar-refractivity contribution is 6.06. The number of rotatable bonds is 3. The lowest BCUT2D eigenvalue weighted by Gasteiger charge is -2.05. The molecule has 2 heterocycles. The van der Waals surface area contributed by atoms with E-state index < -0.39 is 0 Å². The minimum absolute atomic E-state index is 0.261. The van der Waals surface area contributed by atoms with Crippen LogP contribution in [-0.2, 0) is 7.05 Å². The highest BCUT2D eigenvalue weighted by Crippen LogP contribution is 2.18. The van der Waals surface area contributed by atoms with Gasteiger partial charge in [0.05, 0.1) is 13.4 Å². The van der Waals surface area contributed by atoms with Crippen LogP contribution in [0.25, 0.3) is 11.2 Å². The van der Waals surface area contributed by atoms with Gasteiger partial charge in [0, 0.05) is 12.6 Å². The second-order valence-electron chi connectivity index (χ2n) is 4.43. The summed E-state index contributed by atoms with van der Waals surface area (Å²) in [7, 11) is 3.41. The van der Waals surface area contributed by atoms with Gasteiger partial charge in [-0.15, -0.1) is 0 Å². The lowest BCUT2D eigenvalue weighted by Crippen LogP contribution is -2.13. The third-order valence-corrected chi connectivity index (χ3v) is 3.08. The first-order valence-electron chi connectivity index (χ1n) is 6.26. The number of hydrogen-bond donors (Lipinski definition) is 1. The van der Waals surface area contributed by atoms with E-state index in [1.54, 1.807) is 42.3 Å². The lowest BCUT2D eigenvalue weighted by molar-refractivity contribution is 0.102. The second-order valence-corrected chi connectivity index (χ2v) is 4.43. The van der Waals surface area contributed by atoms with Crippen molar-refractivity contribution in [2.45, 2.75) is 0 Å². The Balaban J connectivity index is 1.89. The van der Waals surface area contributed by atoms with Crippen molar-refractivity contribution in [3.63, 3.8) is 0 Å². The van der Waals surface area contributed by atoms with E-state index in [2.05, 4.69) is 20.3 Å². The molecule has 1 aromatic carbocycles. The highest BCUT2D eigenvalue weighted by Gasteiger charge is 2.12. The van der Waals surface area contributed by atoms with Gasteiger partial charge in [0.15, 0.2) is 17.0 Å². The number of hydrogen-bond acceptors (Lipinski definition) is 5. The van der Waals surface area contributed by atoms with E-state index in [0.717, 1.165) is 0 Å². The minimum atomic E-state index is -0.261. The van der Waals surface area contributed by atoms with E-state index in [-0.39, 0.29) is 5.91 Å². The molecule has 0 unspecified atom stereocenters. The number of imidazole rings is 1. The number of anilines is 1. The number of nitrogens with one attached hydrogen (secondary N) is 1. The molecule has 0 radical (unpaired) electrons. The summed E-state index contributed by atoms with van der Waals surface area (Å²) in [5.74, 6) is 0.824. The van der Waals surface area contributed by atoms with Gasteiger partial charge in [0.2, 0.25) is 0 Å². The monoisotopic (exact) mass is 283 g/mol. The van der Waals surface area contributed by atoms with Crippen LogP contribution in [0.3, 0.4) is 0 Å². The molecule has 3 rings (SSSR count). The number of ether oxygens (including phenoxy) is 1. The van der Waals surface area contributed by atoms with Crippen molar-refractivity contribution in [1.82, 2.24) is 19.5 Å². The third kappa shape index (κ3) is 2.40. The minimum Gasteiger partial charge on any atom is -0.497 e. The van der Waals surface area contributed by atoms with Gasteiger partial charge in [-0.2, -0.15) is 0 Å². The fourth-order valence-corrected chi connectivity index (χ4v) is 1.96. The molecular formula is C14H13N5O2. The number of fused-ring (bicyclic) bond motifs is 1. The van der Waals surface area contributed by atoms with Gasteiger partial charge in [-0.3, -0.25) is 4.79 Å². The van der Waals surface area contributed by atoms with E-state index in [4.69, 9.17) is 4.74 Å². The summed E-state index contributed by atoms with van der Waals surface area (Å²) >= 11 is 0. The summed E-state index contributed by atoms with van der Waals surface area (Å²) in [6, 6.07) is 6.83. The smallest absolute Gasteiger partial charge is 0.256 e. The zero-order chi connectivity index (χ0) is 14.8. The Labute approximate surface area is 120 Å². The third-order valence-electron chi connectivity index (χ3n) is 3.08. The summed E-state index contributed by atoms with van der Waals surface area (Å²) in [4.78, 5) is 24.6. The Hall–Kier alpha value is -2.96. The first kappa shape index (κ1) is 13.0. The normalized spacial score (nSPS) is 10.6. The molecule has 7 nitrogen and oxygen atoms in total. The van der Waals surface area contributed by atoms with Crippen LogP contribution in [0.1, 0.15) is 10.4 Å². The Morgan fingerprint density at radius 3 is 2.67 bits per heavy atom. The molecule has 0 bridgehead atoms. The lowest BCUT2D eigenvalue weighted by atomic mass is 10.2. The Kier molecular flexibility index (Phi) is 3.23. The van der Waals surface area contributed by atoms with Crippen LogP contribution in [0.15, 0.2) is 36.9 Å². The van der Waals surface area contributed by atoms with Crippen molar-refractivity contribution >= 4 is 22.9 Å². The maximum absolute atomic E-state index is 12.2. The maximum atomic E-state index is 12.2. The number of amides is 1. The van der Waals surface area contributed by atoms with Gasteiger partial charge in [0.1, 0.15) is 12.1 Å². The van der Waals surface area contributed by atoms with Crippen molar-refractivity contribution in [3.8, 4) is 5.75 Å². The molecule has 21 heavy (non-hydrogen) atoms. The van der Waals surface area contributed by atoms with Crippen LogP contribution >= 0.6 is 0 Å². The summed E-state index contributed by atoms with van der Waals surface area (Å²) in [6.07, 6.45) is 3.02. The van der Waals surface area contributed by atoms with Crippen LogP contribution < -0.4 is 10.1 Å². The number of benzene rings is 1. The van der Waals surface area contributed by atoms with Gasteiger partial charge < -0.3 is 14.6 Å². The maximum Gasteiger partial charge on any atom is 0.256 e. The van der Waals surface area contributed by atoms with Crippen LogP contribution in [0.5, 0.6) is 5.75 Å². The van der Waals surface area contributed by atoms with Crippen LogP contribution in [0, 0.1) is 0 Å². The number of carbonyl (C=O) groups excluding carboxylic acids is 1. The largest absolute Gasteiger partial charge is 0.497 e. The molecular weight excluding hydrogens is 270 g/mol. The van der Waals surface area contributed by atoms with E-state index in [9.17, 15) is 4.79 Å². The molecule has 0 aliphatic rings. The van der Waals surface area contributed by atoms with Crippen molar-refractivity contribution in [2.75, 3.05) is 12.4 Å². The van der Waals surface area contributed by atoms with Gasteiger partial charge in [-0.25, -0.2) is 15.0 Å². The summed E-state index contributed by atoms with van der Waals surface area (Å²) in [6.45, 7) is 0. The second kappa shape index (κ2) is 5.20. The number of aryl methyl sites for hydroxylation is 1. The molecule has 7 heteroatoms. The summed E-state index contributed by atoms with van der Waals surface area (Å²) in [5, 5.41) is 2.75. The first-order valence-corrected chi connectivity index (χ1v) is 6.26. The number of carbonyl (C=O) groups is 1. The number of methoxy groups -OCH3 is 1. The molecule has 1 amide bonds. The molecule has 106 valence electrons. The molecule has 0 saturated heterocycles. The van der Waals surface area contributed by atoms with E-state index in [0.29, 0.717) is 28.3 Å². The van der Waals surface area contributed by atoms with Crippen molar-refractivity contribution in [2.24, 2.45) is 7.05 Å². The van der Waals surface area contributed by atoms with E-state index in [1.807, 2.05) is 7.05 Å². The van der Waals surface area contributed by atoms with Crippen LogP contribution in [0.2, 0.25) is 0 Å². The molecule has 0 spiro atoms. The fourth-order valence-electron chi connectivity index (χ4n) is 1.96. The van der Waals surface area contributed by atoms with Gasteiger partial charge in [-0.1, -0.05) is 0 Å². The molecule has 0 aliphatic carbocycles. The standard InChI is InChI=1S/C14H13N5O2/c1-19-8-17-11-12(15-7-16-13(11)19)18-14(20)9-3-5-10(21-2)6-4-9/h3-8H,1-2H3,(H,15,16,18,20).